The van der Waals surface area contributed by atoms with Crippen LogP contribution in [0.1, 0.15) is 18.1 Å². The van der Waals surface area contributed by atoms with Crippen molar-refractivity contribution in [2.75, 3.05) is 13.7 Å². The Morgan fingerprint density at radius 3 is 2.92 bits per heavy atom. The van der Waals surface area contributed by atoms with Crippen LogP contribution in [0.5, 0.6) is 0 Å². The molecule has 1 atom stereocenters. The van der Waals surface area contributed by atoms with Crippen LogP contribution in [0.4, 0.5) is 0 Å². The lowest BCUT2D eigenvalue weighted by Crippen LogP contribution is -2.06. The van der Waals surface area contributed by atoms with E-state index >= 15 is 0 Å². The summed E-state index contributed by atoms with van der Waals surface area (Å²) >= 11 is 3.20. The predicted molar refractivity (Wildman–Crippen MR) is 103 cm³/mol. The first-order chi connectivity index (χ1) is 12.8. The van der Waals surface area contributed by atoms with Gasteiger partial charge in [-0.1, -0.05) is 30.0 Å². The van der Waals surface area contributed by atoms with Gasteiger partial charge in [0.05, 0.1) is 27.8 Å². The Balaban J connectivity index is 1.60. The molecule has 8 heteroatoms. The fourth-order valence-corrected chi connectivity index (χ4v) is 4.27. The second-order valence-electron chi connectivity index (χ2n) is 5.71. The number of thioether (sulfide) groups is 1. The molecule has 0 fully saturated rings. The molecule has 4 aromatic rings. The Hall–Kier alpha value is -2.16. The van der Waals surface area contributed by atoms with Gasteiger partial charge in [-0.3, -0.25) is 0 Å². The largest absolute Gasteiger partial charge is 0.419 e. The maximum absolute atomic E-state index is 5.86. The molecule has 0 aliphatic carbocycles. The lowest BCUT2D eigenvalue weighted by molar-refractivity contribution is 0.186. The number of fused-ring (bicyclic) bond motifs is 1. The molecule has 134 valence electrons. The van der Waals surface area contributed by atoms with Crippen LogP contribution in [0.2, 0.25) is 0 Å². The van der Waals surface area contributed by atoms with Crippen LogP contribution in [-0.2, 0) is 11.3 Å². The zero-order valence-corrected chi connectivity index (χ0v) is 16.1. The molecule has 0 aliphatic heterocycles. The third-order valence-electron chi connectivity index (χ3n) is 3.94. The first-order valence-corrected chi connectivity index (χ1v) is 10.0. The number of ether oxygens (including phenoxy) is 1. The number of imidazole rings is 1. The van der Waals surface area contributed by atoms with Gasteiger partial charge < -0.3 is 13.7 Å². The minimum absolute atomic E-state index is 0.00526. The van der Waals surface area contributed by atoms with Crippen LogP contribution in [0, 0.1) is 0 Å². The number of aromatic nitrogens is 4. The summed E-state index contributed by atoms with van der Waals surface area (Å²) in [4.78, 5) is 5.75. The topological polar surface area (TPSA) is 66.0 Å². The van der Waals surface area contributed by atoms with Gasteiger partial charge in [0.1, 0.15) is 0 Å². The van der Waals surface area contributed by atoms with Gasteiger partial charge in [0.25, 0.3) is 5.89 Å². The van der Waals surface area contributed by atoms with Gasteiger partial charge in [-0.25, -0.2) is 4.98 Å². The molecule has 0 saturated carbocycles. The highest BCUT2D eigenvalue weighted by molar-refractivity contribution is 7.99. The van der Waals surface area contributed by atoms with Gasteiger partial charge in [-0.15, -0.1) is 21.5 Å². The Kier molecular flexibility index (Phi) is 5.05. The molecular formula is C18H18N4O2S2. The summed E-state index contributed by atoms with van der Waals surface area (Å²) < 4.78 is 13.3. The highest BCUT2D eigenvalue weighted by atomic mass is 32.2. The van der Waals surface area contributed by atoms with Gasteiger partial charge >= 0.3 is 0 Å². The molecule has 0 saturated heterocycles. The van der Waals surface area contributed by atoms with E-state index < -0.39 is 0 Å². The molecule has 3 aromatic heterocycles. The number of nitrogens with zero attached hydrogens (tertiary/aromatic N) is 4. The minimum Gasteiger partial charge on any atom is -0.419 e. The standard InChI is InChI=1S/C18H18N4O2S2/c1-12(16-20-21-17(24-16)15-8-5-11-25-15)26-18-19-13-6-3-4-7-14(13)22(18)9-10-23-2/h3-8,11-12H,9-10H2,1-2H3. The van der Waals surface area contributed by atoms with Crippen LogP contribution < -0.4 is 0 Å². The number of benzene rings is 1. The summed E-state index contributed by atoms with van der Waals surface area (Å²) in [6.45, 7) is 3.43. The molecule has 0 bridgehead atoms. The van der Waals surface area contributed by atoms with Gasteiger partial charge in [0, 0.05) is 13.7 Å². The van der Waals surface area contributed by atoms with Gasteiger partial charge in [-0.2, -0.15) is 0 Å². The molecule has 26 heavy (non-hydrogen) atoms. The van der Waals surface area contributed by atoms with Crippen molar-refractivity contribution in [1.29, 1.82) is 0 Å². The highest BCUT2D eigenvalue weighted by Crippen LogP contribution is 2.36. The Labute approximate surface area is 159 Å². The molecular weight excluding hydrogens is 368 g/mol. The van der Waals surface area contributed by atoms with Crippen molar-refractivity contribution in [2.45, 2.75) is 23.9 Å². The Bertz CT molecular complexity index is 994. The van der Waals surface area contributed by atoms with Crippen LogP contribution in [0.15, 0.2) is 51.4 Å². The molecule has 0 N–H and O–H groups in total. The number of rotatable bonds is 7. The van der Waals surface area contributed by atoms with Crippen molar-refractivity contribution < 1.29 is 9.15 Å². The van der Waals surface area contributed by atoms with Crippen LogP contribution in [0.25, 0.3) is 21.8 Å². The van der Waals surface area contributed by atoms with E-state index in [0.717, 1.165) is 27.6 Å². The molecule has 0 spiro atoms. The van der Waals surface area contributed by atoms with E-state index in [2.05, 4.69) is 27.8 Å². The summed E-state index contributed by atoms with van der Waals surface area (Å²) in [6.07, 6.45) is 0. The minimum atomic E-state index is -0.00526. The molecule has 4 rings (SSSR count). The van der Waals surface area contributed by atoms with Gasteiger partial charge in [0.2, 0.25) is 5.89 Å². The zero-order chi connectivity index (χ0) is 17.9. The highest BCUT2D eigenvalue weighted by Gasteiger charge is 2.20. The monoisotopic (exact) mass is 386 g/mol. The van der Waals surface area contributed by atoms with E-state index in [4.69, 9.17) is 14.1 Å². The average Bonchev–Trinajstić information content (AvgIpc) is 3.39. The molecule has 6 nitrogen and oxygen atoms in total. The van der Waals surface area contributed by atoms with Crippen LogP contribution in [-0.4, -0.2) is 33.5 Å². The predicted octanol–water partition coefficient (Wildman–Crippen LogP) is 4.65. The number of hydrogen-bond donors (Lipinski definition) is 0. The summed E-state index contributed by atoms with van der Waals surface area (Å²) in [5.41, 5.74) is 2.08. The lowest BCUT2D eigenvalue weighted by Gasteiger charge is -2.10. The third-order valence-corrected chi connectivity index (χ3v) is 5.88. The van der Waals surface area contributed by atoms with E-state index in [1.54, 1.807) is 30.2 Å². The first-order valence-electron chi connectivity index (χ1n) is 8.24. The number of para-hydroxylation sites is 2. The van der Waals surface area contributed by atoms with Crippen LogP contribution in [0.3, 0.4) is 0 Å². The average molecular weight is 387 g/mol. The number of thiophene rings is 1. The molecule has 1 aromatic carbocycles. The zero-order valence-electron chi connectivity index (χ0n) is 14.5. The summed E-state index contributed by atoms with van der Waals surface area (Å²) in [6, 6.07) is 12.1. The van der Waals surface area contributed by atoms with E-state index in [-0.39, 0.29) is 5.25 Å². The maximum Gasteiger partial charge on any atom is 0.257 e. The smallest absolute Gasteiger partial charge is 0.257 e. The van der Waals surface area contributed by atoms with E-state index in [0.29, 0.717) is 18.4 Å². The van der Waals surface area contributed by atoms with Crippen molar-refractivity contribution in [3.8, 4) is 10.8 Å². The van der Waals surface area contributed by atoms with E-state index in [9.17, 15) is 0 Å². The summed E-state index contributed by atoms with van der Waals surface area (Å²) in [5.74, 6) is 1.17. The normalized spacial score (nSPS) is 12.7. The quantitative estimate of drug-likeness (QED) is 0.431. The van der Waals surface area contributed by atoms with Crippen LogP contribution >= 0.6 is 23.1 Å². The van der Waals surface area contributed by atoms with Crippen molar-refractivity contribution in [1.82, 2.24) is 19.7 Å². The summed E-state index contributed by atoms with van der Waals surface area (Å²) in [5, 5.41) is 11.3. The number of hydrogen-bond acceptors (Lipinski definition) is 7. The van der Waals surface area contributed by atoms with Crippen molar-refractivity contribution in [2.24, 2.45) is 0 Å². The second-order valence-corrected chi connectivity index (χ2v) is 7.97. The SMILES string of the molecule is COCCn1c(SC(C)c2nnc(-c3cccs3)o2)nc2ccccc21. The fourth-order valence-electron chi connectivity index (χ4n) is 2.65. The first kappa shape index (κ1) is 17.3. The molecule has 0 amide bonds. The number of methoxy groups -OCH3 is 1. The molecule has 3 heterocycles. The summed E-state index contributed by atoms with van der Waals surface area (Å²) in [7, 11) is 1.71. The molecule has 1 unspecified atom stereocenters. The van der Waals surface area contributed by atoms with E-state index in [1.165, 1.54) is 0 Å². The van der Waals surface area contributed by atoms with Crippen molar-refractivity contribution >= 4 is 34.1 Å². The Morgan fingerprint density at radius 1 is 1.23 bits per heavy atom. The maximum atomic E-state index is 5.86. The molecule has 0 radical (unpaired) electrons. The third kappa shape index (κ3) is 3.40. The lowest BCUT2D eigenvalue weighted by atomic mass is 10.3. The van der Waals surface area contributed by atoms with Gasteiger partial charge in [0.15, 0.2) is 5.16 Å². The van der Waals surface area contributed by atoms with Crippen molar-refractivity contribution in [3.05, 3.63) is 47.7 Å². The van der Waals surface area contributed by atoms with E-state index in [1.807, 2.05) is 35.7 Å². The Morgan fingerprint density at radius 2 is 2.12 bits per heavy atom. The fraction of sp³-hybridized carbons (Fsp3) is 0.278. The molecule has 0 aliphatic rings. The second kappa shape index (κ2) is 7.61. The van der Waals surface area contributed by atoms with Gasteiger partial charge in [-0.05, 0) is 30.5 Å². The van der Waals surface area contributed by atoms with Crippen molar-refractivity contribution in [3.63, 3.8) is 0 Å².